The molecule has 0 unspecified atom stereocenters. The van der Waals surface area contributed by atoms with Crippen LogP contribution in [0.15, 0.2) is 54.7 Å². The molecule has 0 bridgehead atoms. The zero-order valence-electron chi connectivity index (χ0n) is 18.6. The number of tetrazole rings is 1. The highest BCUT2D eigenvalue weighted by Crippen LogP contribution is 2.48. The lowest BCUT2D eigenvalue weighted by Gasteiger charge is -2.15. The number of carbonyl (C=O) groups excluding carboxylic acids is 1. The van der Waals surface area contributed by atoms with Crippen LogP contribution >= 0.6 is 11.6 Å². The molecule has 1 amide bonds. The van der Waals surface area contributed by atoms with E-state index in [1.165, 1.54) is 0 Å². The van der Waals surface area contributed by atoms with E-state index in [1.54, 1.807) is 4.68 Å². The van der Waals surface area contributed by atoms with Gasteiger partial charge in [-0.3, -0.25) is 4.79 Å². The maximum absolute atomic E-state index is 12.9. The van der Waals surface area contributed by atoms with Crippen molar-refractivity contribution in [2.24, 2.45) is 5.92 Å². The second kappa shape index (κ2) is 8.12. The molecule has 1 fully saturated rings. The third-order valence-electron chi connectivity index (χ3n) is 5.88. The van der Waals surface area contributed by atoms with Gasteiger partial charge < -0.3 is 5.32 Å². The zero-order chi connectivity index (χ0) is 23.2. The van der Waals surface area contributed by atoms with E-state index in [9.17, 15) is 4.79 Å². The molecular formula is C24H24ClN7O. The molecule has 4 aromatic rings. The van der Waals surface area contributed by atoms with E-state index in [-0.39, 0.29) is 23.2 Å². The van der Waals surface area contributed by atoms with Crippen molar-refractivity contribution < 1.29 is 4.79 Å². The van der Waals surface area contributed by atoms with Gasteiger partial charge in [0.25, 0.3) is 0 Å². The smallest absolute Gasteiger partial charge is 0.228 e. The molecule has 2 aromatic heterocycles. The number of hydrogen-bond acceptors (Lipinski definition) is 5. The van der Waals surface area contributed by atoms with Crippen LogP contribution in [0.25, 0.3) is 17.1 Å². The van der Waals surface area contributed by atoms with Gasteiger partial charge in [-0.25, -0.2) is 4.68 Å². The fourth-order valence-corrected chi connectivity index (χ4v) is 4.05. The molecule has 0 saturated heterocycles. The van der Waals surface area contributed by atoms with Crippen molar-refractivity contribution in [1.29, 1.82) is 0 Å². The maximum Gasteiger partial charge on any atom is 0.228 e. The van der Waals surface area contributed by atoms with Crippen LogP contribution in [0.3, 0.4) is 0 Å². The van der Waals surface area contributed by atoms with E-state index in [2.05, 4.69) is 46.7 Å². The average Bonchev–Trinajstić information content (AvgIpc) is 3.16. The summed E-state index contributed by atoms with van der Waals surface area (Å²) in [5, 5.41) is 23.0. The normalized spacial score (nSPS) is 17.7. The first-order valence-electron chi connectivity index (χ1n) is 10.8. The minimum Gasteiger partial charge on any atom is -0.326 e. The highest BCUT2D eigenvalue weighted by Gasteiger charge is 2.43. The lowest BCUT2D eigenvalue weighted by atomic mass is 9.93. The summed E-state index contributed by atoms with van der Waals surface area (Å²) in [5.41, 5.74) is 4.23. The van der Waals surface area contributed by atoms with Crippen molar-refractivity contribution in [2.75, 3.05) is 5.32 Å². The SMILES string of the molecule is CC(C)(C)c1ccn(-c2ccc(NC(=O)[C@@H]3C[C@H]3c3ccc(Cl)cc3)cc2-c2nn[nH]n2)n1. The Morgan fingerprint density at radius 3 is 2.61 bits per heavy atom. The number of halogens is 1. The molecule has 5 rings (SSSR count). The molecule has 168 valence electrons. The van der Waals surface area contributed by atoms with E-state index >= 15 is 0 Å². The molecule has 0 aliphatic heterocycles. The maximum atomic E-state index is 12.9. The summed E-state index contributed by atoms with van der Waals surface area (Å²) in [6, 6.07) is 15.3. The lowest BCUT2D eigenvalue weighted by Crippen LogP contribution is -2.15. The van der Waals surface area contributed by atoms with Crippen LogP contribution in [0.5, 0.6) is 0 Å². The largest absolute Gasteiger partial charge is 0.326 e. The molecule has 1 aliphatic carbocycles. The zero-order valence-corrected chi connectivity index (χ0v) is 19.3. The number of benzene rings is 2. The Morgan fingerprint density at radius 1 is 1.15 bits per heavy atom. The van der Waals surface area contributed by atoms with Crippen molar-refractivity contribution in [3.8, 4) is 17.1 Å². The van der Waals surface area contributed by atoms with Crippen LogP contribution < -0.4 is 5.32 Å². The summed E-state index contributed by atoms with van der Waals surface area (Å²) in [5.74, 6) is 0.591. The molecule has 1 aliphatic rings. The molecule has 2 aromatic carbocycles. The number of amides is 1. The molecule has 2 N–H and O–H groups in total. The Balaban J connectivity index is 1.39. The van der Waals surface area contributed by atoms with Gasteiger partial charge in [-0.1, -0.05) is 44.5 Å². The summed E-state index contributed by atoms with van der Waals surface area (Å²) in [6.07, 6.45) is 2.74. The summed E-state index contributed by atoms with van der Waals surface area (Å²) >= 11 is 5.98. The summed E-state index contributed by atoms with van der Waals surface area (Å²) in [6.45, 7) is 6.36. The number of carbonyl (C=O) groups is 1. The van der Waals surface area contributed by atoms with Gasteiger partial charge in [-0.15, -0.1) is 10.2 Å². The Labute approximate surface area is 196 Å². The van der Waals surface area contributed by atoms with Gasteiger partial charge in [0.05, 0.1) is 16.9 Å². The van der Waals surface area contributed by atoms with Crippen LogP contribution in [0.4, 0.5) is 5.69 Å². The first-order valence-corrected chi connectivity index (χ1v) is 11.2. The van der Waals surface area contributed by atoms with E-state index in [1.807, 2.05) is 54.7 Å². The second-order valence-electron chi connectivity index (χ2n) is 9.35. The first-order chi connectivity index (χ1) is 15.8. The molecule has 9 heteroatoms. The minimum atomic E-state index is -0.0731. The van der Waals surface area contributed by atoms with E-state index in [4.69, 9.17) is 16.7 Å². The molecule has 2 heterocycles. The van der Waals surface area contributed by atoms with Crippen molar-refractivity contribution in [2.45, 2.75) is 38.5 Å². The third-order valence-corrected chi connectivity index (χ3v) is 6.13. The molecule has 0 radical (unpaired) electrons. The number of nitrogens with one attached hydrogen (secondary N) is 2. The number of aromatic nitrogens is 6. The Bertz CT molecular complexity index is 1290. The molecule has 1 saturated carbocycles. The van der Waals surface area contributed by atoms with Gasteiger partial charge >= 0.3 is 0 Å². The summed E-state index contributed by atoms with van der Waals surface area (Å²) in [7, 11) is 0. The quantitative estimate of drug-likeness (QED) is 0.446. The Morgan fingerprint density at radius 2 is 1.94 bits per heavy atom. The topological polar surface area (TPSA) is 101 Å². The van der Waals surface area contributed by atoms with Gasteiger partial charge in [-0.2, -0.15) is 10.3 Å². The molecule has 8 nitrogen and oxygen atoms in total. The Hall–Kier alpha value is -3.52. The standard InChI is InChI=1S/C24H24ClN7O/c1-24(2,3)21-10-11-32(29-21)20-9-8-16(12-19(20)22-27-30-31-28-22)26-23(33)18-13-17(18)14-4-6-15(25)7-5-14/h4-12,17-18H,13H2,1-3H3,(H,26,33)(H,27,28,30,31)/t17-,18+/m0/s1. The fraction of sp³-hybridized carbons (Fsp3) is 0.292. The molecule has 2 atom stereocenters. The number of hydrogen-bond donors (Lipinski definition) is 2. The van der Waals surface area contributed by atoms with Gasteiger partial charge in [0, 0.05) is 28.2 Å². The number of aromatic amines is 1. The van der Waals surface area contributed by atoms with Crippen molar-refractivity contribution in [1.82, 2.24) is 30.4 Å². The fourth-order valence-electron chi connectivity index (χ4n) is 3.92. The van der Waals surface area contributed by atoms with Crippen LogP contribution in [-0.4, -0.2) is 36.3 Å². The highest BCUT2D eigenvalue weighted by molar-refractivity contribution is 6.30. The monoisotopic (exact) mass is 461 g/mol. The van der Waals surface area contributed by atoms with Gasteiger partial charge in [0.1, 0.15) is 0 Å². The van der Waals surface area contributed by atoms with E-state index in [0.717, 1.165) is 28.9 Å². The average molecular weight is 462 g/mol. The first kappa shape index (κ1) is 21.3. The number of anilines is 1. The van der Waals surface area contributed by atoms with Crippen LogP contribution in [0.2, 0.25) is 5.02 Å². The number of H-pyrrole nitrogens is 1. The predicted octanol–water partition coefficient (Wildman–Crippen LogP) is 4.75. The van der Waals surface area contributed by atoms with Crippen LogP contribution in [0, 0.1) is 5.92 Å². The highest BCUT2D eigenvalue weighted by atomic mass is 35.5. The molecule has 33 heavy (non-hydrogen) atoms. The summed E-state index contributed by atoms with van der Waals surface area (Å²) < 4.78 is 1.80. The number of rotatable bonds is 5. The van der Waals surface area contributed by atoms with Gasteiger partial charge in [0.2, 0.25) is 11.7 Å². The second-order valence-corrected chi connectivity index (χ2v) is 9.79. The Kier molecular flexibility index (Phi) is 5.25. The van der Waals surface area contributed by atoms with E-state index < -0.39 is 0 Å². The van der Waals surface area contributed by atoms with E-state index in [0.29, 0.717) is 16.5 Å². The number of nitrogens with zero attached hydrogens (tertiary/aromatic N) is 5. The lowest BCUT2D eigenvalue weighted by molar-refractivity contribution is -0.117. The molecular weight excluding hydrogens is 438 g/mol. The van der Waals surface area contributed by atoms with Crippen LogP contribution in [-0.2, 0) is 10.2 Å². The van der Waals surface area contributed by atoms with Crippen LogP contribution in [0.1, 0.15) is 44.4 Å². The van der Waals surface area contributed by atoms with Gasteiger partial charge in [0.15, 0.2) is 0 Å². The van der Waals surface area contributed by atoms with Crippen molar-refractivity contribution in [3.63, 3.8) is 0 Å². The minimum absolute atomic E-state index is 0.00382. The van der Waals surface area contributed by atoms with Gasteiger partial charge in [-0.05, 0) is 59.5 Å². The summed E-state index contributed by atoms with van der Waals surface area (Å²) in [4.78, 5) is 12.9. The molecule has 0 spiro atoms. The predicted molar refractivity (Wildman–Crippen MR) is 126 cm³/mol. The van der Waals surface area contributed by atoms with Crippen molar-refractivity contribution in [3.05, 3.63) is 71.0 Å². The van der Waals surface area contributed by atoms with Crippen molar-refractivity contribution >= 4 is 23.2 Å². The third kappa shape index (κ3) is 4.39.